The number of aldehydes is 1. The second kappa shape index (κ2) is 11.7. The molecule has 0 aliphatic carbocycles. The van der Waals surface area contributed by atoms with Crippen molar-refractivity contribution in [1.29, 1.82) is 0 Å². The molecular formula is C35H27NO. The van der Waals surface area contributed by atoms with Crippen molar-refractivity contribution in [2.75, 3.05) is 5.32 Å². The first-order valence-corrected chi connectivity index (χ1v) is 12.3. The number of carbonyl (C=O) groups excluding carboxylic acids is 1. The summed E-state index contributed by atoms with van der Waals surface area (Å²) >= 11 is 0. The van der Waals surface area contributed by atoms with Crippen molar-refractivity contribution in [3.05, 3.63) is 167 Å². The Kier molecular flexibility index (Phi) is 7.49. The smallest absolute Gasteiger partial charge is 0.150 e. The zero-order chi connectivity index (χ0) is 25.3. The number of benzene rings is 5. The van der Waals surface area contributed by atoms with Crippen LogP contribution in [0.5, 0.6) is 0 Å². The molecule has 2 nitrogen and oxygen atoms in total. The molecule has 2 heteroatoms. The number of carbonyl (C=O) groups is 1. The average molecular weight is 478 g/mol. The number of hydrogen-bond acceptors (Lipinski definition) is 2. The Morgan fingerprint density at radius 3 is 1.32 bits per heavy atom. The topological polar surface area (TPSA) is 29.1 Å². The highest BCUT2D eigenvalue weighted by Crippen LogP contribution is 2.27. The van der Waals surface area contributed by atoms with Crippen molar-refractivity contribution in [3.8, 4) is 0 Å². The van der Waals surface area contributed by atoms with Gasteiger partial charge in [0.2, 0.25) is 0 Å². The molecule has 0 atom stereocenters. The quantitative estimate of drug-likeness (QED) is 0.178. The first-order valence-electron chi connectivity index (χ1n) is 12.3. The molecule has 0 aliphatic rings. The Morgan fingerprint density at radius 1 is 0.459 bits per heavy atom. The van der Waals surface area contributed by atoms with Crippen LogP contribution in [-0.2, 0) is 0 Å². The van der Waals surface area contributed by atoms with E-state index < -0.39 is 0 Å². The van der Waals surface area contributed by atoms with E-state index in [4.69, 9.17) is 0 Å². The first kappa shape index (κ1) is 23.8. The lowest BCUT2D eigenvalue weighted by molar-refractivity contribution is 0.112. The maximum absolute atomic E-state index is 10.8. The molecule has 0 spiro atoms. The van der Waals surface area contributed by atoms with E-state index in [1.54, 1.807) is 0 Å². The molecule has 0 amide bonds. The molecular weight excluding hydrogens is 450 g/mol. The maximum Gasteiger partial charge on any atom is 0.150 e. The molecule has 0 saturated heterocycles. The van der Waals surface area contributed by atoms with E-state index in [0.29, 0.717) is 5.56 Å². The van der Waals surface area contributed by atoms with Gasteiger partial charge in [-0.05, 0) is 63.7 Å². The van der Waals surface area contributed by atoms with Crippen molar-refractivity contribution >= 4 is 41.5 Å². The molecule has 5 rings (SSSR count). The average Bonchev–Trinajstić information content (AvgIpc) is 2.97. The van der Waals surface area contributed by atoms with E-state index in [1.807, 2.05) is 42.5 Å². The lowest BCUT2D eigenvalue weighted by atomic mass is 9.96. The third-order valence-corrected chi connectivity index (χ3v) is 6.13. The molecule has 0 fully saturated rings. The van der Waals surface area contributed by atoms with Gasteiger partial charge in [-0.1, -0.05) is 121 Å². The predicted molar refractivity (Wildman–Crippen MR) is 157 cm³/mol. The Hall–Kier alpha value is -4.95. The molecule has 0 radical (unpaired) electrons. The minimum Gasteiger partial charge on any atom is -0.356 e. The van der Waals surface area contributed by atoms with Crippen molar-refractivity contribution in [3.63, 3.8) is 0 Å². The number of anilines is 2. The monoisotopic (exact) mass is 477 g/mol. The minimum absolute atomic E-state index is 0.685. The van der Waals surface area contributed by atoms with Gasteiger partial charge in [0.15, 0.2) is 0 Å². The highest BCUT2D eigenvalue weighted by molar-refractivity contribution is 5.91. The second-order valence-corrected chi connectivity index (χ2v) is 8.78. The third-order valence-electron chi connectivity index (χ3n) is 6.13. The van der Waals surface area contributed by atoms with Gasteiger partial charge < -0.3 is 5.32 Å². The molecule has 0 bridgehead atoms. The highest BCUT2D eigenvalue weighted by atomic mass is 16.1. The van der Waals surface area contributed by atoms with Crippen molar-refractivity contribution in [2.24, 2.45) is 0 Å². The fourth-order valence-electron chi connectivity index (χ4n) is 4.12. The molecule has 5 aromatic carbocycles. The van der Waals surface area contributed by atoms with Crippen LogP contribution in [-0.4, -0.2) is 6.29 Å². The Bertz CT molecular complexity index is 1460. The normalized spacial score (nSPS) is 10.7. The maximum atomic E-state index is 10.8. The van der Waals surface area contributed by atoms with E-state index in [9.17, 15) is 4.79 Å². The predicted octanol–water partition coefficient (Wildman–Crippen LogP) is 9.00. The van der Waals surface area contributed by atoms with E-state index in [1.165, 1.54) is 16.7 Å². The number of hydrogen-bond donors (Lipinski definition) is 1. The van der Waals surface area contributed by atoms with Gasteiger partial charge in [-0.25, -0.2) is 0 Å². The van der Waals surface area contributed by atoms with Gasteiger partial charge in [0.25, 0.3) is 0 Å². The van der Waals surface area contributed by atoms with E-state index in [-0.39, 0.29) is 0 Å². The SMILES string of the molecule is O=Cc1ccc(/C=C/c2ccc(Nc3ccc(C=C(c4ccccc4)c4ccccc4)cc3)cc2)cc1. The number of nitrogens with one attached hydrogen (secondary N) is 1. The Balaban J connectivity index is 1.28. The van der Waals surface area contributed by atoms with Crippen LogP contribution in [0.3, 0.4) is 0 Å². The molecule has 1 N–H and O–H groups in total. The molecule has 0 aromatic heterocycles. The van der Waals surface area contributed by atoms with Crippen molar-refractivity contribution < 1.29 is 4.79 Å². The lowest BCUT2D eigenvalue weighted by Crippen LogP contribution is -1.91. The third kappa shape index (κ3) is 6.39. The van der Waals surface area contributed by atoms with Crippen LogP contribution in [0.1, 0.15) is 38.2 Å². The summed E-state index contributed by atoms with van der Waals surface area (Å²) in [6, 6.07) is 45.3. The van der Waals surface area contributed by atoms with Crippen LogP contribution < -0.4 is 5.32 Å². The molecule has 37 heavy (non-hydrogen) atoms. The molecule has 178 valence electrons. The van der Waals surface area contributed by atoms with Gasteiger partial charge in [-0.3, -0.25) is 4.79 Å². The summed E-state index contributed by atoms with van der Waals surface area (Å²) in [5, 5.41) is 3.48. The van der Waals surface area contributed by atoms with Gasteiger partial charge in [0.05, 0.1) is 0 Å². The van der Waals surface area contributed by atoms with Crippen molar-refractivity contribution in [1.82, 2.24) is 0 Å². The Morgan fingerprint density at radius 2 is 0.865 bits per heavy atom. The summed E-state index contributed by atoms with van der Waals surface area (Å²) in [7, 11) is 0. The summed E-state index contributed by atoms with van der Waals surface area (Å²) in [5.74, 6) is 0. The fourth-order valence-corrected chi connectivity index (χ4v) is 4.12. The van der Waals surface area contributed by atoms with Gasteiger partial charge >= 0.3 is 0 Å². The van der Waals surface area contributed by atoms with Gasteiger partial charge in [-0.2, -0.15) is 0 Å². The zero-order valence-corrected chi connectivity index (χ0v) is 20.4. The van der Waals surface area contributed by atoms with Crippen molar-refractivity contribution in [2.45, 2.75) is 0 Å². The van der Waals surface area contributed by atoms with E-state index in [2.05, 4.69) is 115 Å². The van der Waals surface area contributed by atoms with Crippen LogP contribution in [0.2, 0.25) is 0 Å². The molecule has 0 aliphatic heterocycles. The van der Waals surface area contributed by atoms with Crippen LogP contribution in [0.15, 0.2) is 133 Å². The first-order chi connectivity index (χ1) is 18.3. The van der Waals surface area contributed by atoms with E-state index in [0.717, 1.165) is 34.4 Å². The van der Waals surface area contributed by atoms with Gasteiger partial charge in [0.1, 0.15) is 6.29 Å². The minimum atomic E-state index is 0.685. The summed E-state index contributed by atoms with van der Waals surface area (Å²) in [6.07, 6.45) is 7.21. The fraction of sp³-hybridized carbons (Fsp3) is 0. The summed E-state index contributed by atoms with van der Waals surface area (Å²) in [4.78, 5) is 10.8. The Labute approximate surface area is 218 Å². The number of rotatable bonds is 8. The summed E-state index contributed by atoms with van der Waals surface area (Å²) in [6.45, 7) is 0. The summed E-state index contributed by atoms with van der Waals surface area (Å²) in [5.41, 5.74) is 9.67. The molecule has 0 saturated carbocycles. The van der Waals surface area contributed by atoms with Gasteiger partial charge in [-0.15, -0.1) is 0 Å². The second-order valence-electron chi connectivity index (χ2n) is 8.78. The zero-order valence-electron chi connectivity index (χ0n) is 20.4. The van der Waals surface area contributed by atoms with Crippen LogP contribution in [0.4, 0.5) is 11.4 Å². The van der Waals surface area contributed by atoms with Crippen LogP contribution in [0.25, 0.3) is 23.8 Å². The highest BCUT2D eigenvalue weighted by Gasteiger charge is 2.05. The van der Waals surface area contributed by atoms with Gasteiger partial charge in [0, 0.05) is 16.9 Å². The van der Waals surface area contributed by atoms with E-state index >= 15 is 0 Å². The van der Waals surface area contributed by atoms with Crippen LogP contribution in [0, 0.1) is 0 Å². The molecule has 5 aromatic rings. The largest absolute Gasteiger partial charge is 0.356 e. The van der Waals surface area contributed by atoms with Crippen LogP contribution >= 0.6 is 0 Å². The summed E-state index contributed by atoms with van der Waals surface area (Å²) < 4.78 is 0. The standard InChI is InChI=1S/C35H27NO/c37-26-30-15-13-27(14-16-30)11-12-28-17-21-33(22-18-28)36-34-23-19-29(20-24-34)25-35(31-7-3-1-4-8-31)32-9-5-2-6-10-32/h1-26,36H/b12-11+. The molecule has 0 heterocycles. The molecule has 0 unspecified atom stereocenters. The lowest BCUT2D eigenvalue weighted by Gasteiger charge is -2.10.